The van der Waals surface area contributed by atoms with Gasteiger partial charge < -0.3 is 20.1 Å². The monoisotopic (exact) mass is 388 g/mol. The van der Waals surface area contributed by atoms with E-state index in [0.29, 0.717) is 23.7 Å². The second-order valence-electron chi connectivity index (χ2n) is 6.70. The van der Waals surface area contributed by atoms with Crippen LogP contribution < -0.4 is 20.1 Å². The number of hydrogen-bond acceptors (Lipinski definition) is 5. The molecule has 1 heterocycles. The van der Waals surface area contributed by atoms with Gasteiger partial charge >= 0.3 is 11.8 Å². The molecule has 0 atom stereocenters. The van der Waals surface area contributed by atoms with Crippen LogP contribution in [0.5, 0.6) is 11.5 Å². The molecule has 0 spiro atoms. The fourth-order valence-electron chi connectivity index (χ4n) is 3.61. The van der Waals surface area contributed by atoms with Gasteiger partial charge in [0.1, 0.15) is 11.5 Å². The second kappa shape index (κ2) is 8.43. The highest BCUT2D eigenvalue weighted by Crippen LogP contribution is 2.41. The molecular weight excluding hydrogens is 364 g/mol. The number of rotatable bonds is 6. The van der Waals surface area contributed by atoms with E-state index >= 15 is 0 Å². The Bertz CT molecular complexity index is 798. The van der Waals surface area contributed by atoms with Crippen molar-refractivity contribution in [2.75, 3.05) is 26.1 Å². The smallest absolute Gasteiger partial charge is 0.313 e. The number of amides is 2. The number of methoxy groups -OCH3 is 2. The number of ether oxygens (including phenoxy) is 2. The van der Waals surface area contributed by atoms with E-state index in [9.17, 15) is 9.59 Å². The van der Waals surface area contributed by atoms with Gasteiger partial charge in [0.15, 0.2) is 0 Å². The molecule has 1 fully saturated rings. The van der Waals surface area contributed by atoms with Crippen molar-refractivity contribution in [1.82, 2.24) is 5.32 Å². The minimum atomic E-state index is -0.722. The van der Waals surface area contributed by atoms with Gasteiger partial charge in [0.2, 0.25) is 0 Å². The van der Waals surface area contributed by atoms with Crippen LogP contribution in [0, 0.1) is 0 Å². The molecule has 0 unspecified atom stereocenters. The molecule has 2 N–H and O–H groups in total. The van der Waals surface area contributed by atoms with Gasteiger partial charge in [-0.25, -0.2) is 0 Å². The lowest BCUT2D eigenvalue weighted by Gasteiger charge is -2.28. The van der Waals surface area contributed by atoms with Crippen molar-refractivity contribution < 1.29 is 19.1 Å². The summed E-state index contributed by atoms with van der Waals surface area (Å²) in [7, 11) is 3.04. The molecule has 2 aromatic rings. The fourth-order valence-corrected chi connectivity index (χ4v) is 4.39. The first-order valence-electron chi connectivity index (χ1n) is 8.92. The molecule has 0 saturated heterocycles. The van der Waals surface area contributed by atoms with Crippen molar-refractivity contribution >= 4 is 28.8 Å². The summed E-state index contributed by atoms with van der Waals surface area (Å²) in [5.41, 5.74) is 1.58. The molecule has 1 aromatic heterocycles. The SMILES string of the molecule is COc1ccc(OC)c(NC(=O)C(=O)NCC2(c3ccsc3)CCCC2)c1. The van der Waals surface area contributed by atoms with Crippen LogP contribution in [0.2, 0.25) is 0 Å². The molecule has 1 saturated carbocycles. The summed E-state index contributed by atoms with van der Waals surface area (Å²) < 4.78 is 10.4. The van der Waals surface area contributed by atoms with Gasteiger partial charge in [-0.1, -0.05) is 12.8 Å². The van der Waals surface area contributed by atoms with E-state index in [1.165, 1.54) is 19.8 Å². The van der Waals surface area contributed by atoms with Crippen LogP contribution in [-0.4, -0.2) is 32.6 Å². The maximum absolute atomic E-state index is 12.4. The Balaban J connectivity index is 1.65. The van der Waals surface area contributed by atoms with Gasteiger partial charge in [-0.05, 0) is 47.4 Å². The summed E-state index contributed by atoms with van der Waals surface area (Å²) in [5.74, 6) is -0.349. The van der Waals surface area contributed by atoms with E-state index in [1.807, 2.05) is 0 Å². The molecule has 1 aliphatic carbocycles. The fraction of sp³-hybridized carbons (Fsp3) is 0.400. The van der Waals surface area contributed by atoms with Crippen molar-refractivity contribution in [2.45, 2.75) is 31.1 Å². The Labute approximate surface area is 162 Å². The van der Waals surface area contributed by atoms with E-state index in [2.05, 4.69) is 27.5 Å². The lowest BCUT2D eigenvalue weighted by Crippen LogP contribution is -2.43. The summed E-state index contributed by atoms with van der Waals surface area (Å²) in [4.78, 5) is 24.7. The number of thiophene rings is 1. The molecule has 3 rings (SSSR count). The topological polar surface area (TPSA) is 76.7 Å². The predicted molar refractivity (Wildman–Crippen MR) is 106 cm³/mol. The Kier molecular flexibility index (Phi) is 6.01. The first-order chi connectivity index (χ1) is 13.1. The van der Waals surface area contributed by atoms with Crippen LogP contribution in [0.15, 0.2) is 35.0 Å². The van der Waals surface area contributed by atoms with E-state index in [4.69, 9.17) is 9.47 Å². The summed E-state index contributed by atoms with van der Waals surface area (Å²) in [5, 5.41) is 9.62. The van der Waals surface area contributed by atoms with Crippen LogP contribution in [-0.2, 0) is 15.0 Å². The number of benzene rings is 1. The average molecular weight is 388 g/mol. The van der Waals surface area contributed by atoms with Crippen LogP contribution in [0.3, 0.4) is 0 Å². The first kappa shape index (κ1) is 19.2. The second-order valence-corrected chi connectivity index (χ2v) is 7.48. The van der Waals surface area contributed by atoms with E-state index in [-0.39, 0.29) is 5.41 Å². The zero-order valence-electron chi connectivity index (χ0n) is 15.5. The molecule has 0 aliphatic heterocycles. The van der Waals surface area contributed by atoms with Crippen molar-refractivity contribution in [3.8, 4) is 11.5 Å². The minimum absolute atomic E-state index is 0.0659. The Morgan fingerprint density at radius 2 is 1.89 bits per heavy atom. The van der Waals surface area contributed by atoms with Crippen LogP contribution in [0.25, 0.3) is 0 Å². The number of carbonyl (C=O) groups is 2. The van der Waals surface area contributed by atoms with Gasteiger partial charge in [-0.3, -0.25) is 9.59 Å². The lowest BCUT2D eigenvalue weighted by atomic mass is 9.80. The zero-order valence-corrected chi connectivity index (χ0v) is 16.4. The molecule has 7 heteroatoms. The van der Waals surface area contributed by atoms with Gasteiger partial charge in [-0.2, -0.15) is 11.3 Å². The molecule has 2 amide bonds. The van der Waals surface area contributed by atoms with Crippen molar-refractivity contribution in [3.05, 3.63) is 40.6 Å². The van der Waals surface area contributed by atoms with Crippen LogP contribution in [0.4, 0.5) is 5.69 Å². The highest BCUT2D eigenvalue weighted by atomic mass is 32.1. The quantitative estimate of drug-likeness (QED) is 0.744. The molecular formula is C20H24N2O4S. The molecule has 0 bridgehead atoms. The Morgan fingerprint density at radius 3 is 2.52 bits per heavy atom. The summed E-state index contributed by atoms with van der Waals surface area (Å²) in [6, 6.07) is 7.13. The van der Waals surface area contributed by atoms with E-state index in [0.717, 1.165) is 25.7 Å². The number of anilines is 1. The van der Waals surface area contributed by atoms with Crippen LogP contribution >= 0.6 is 11.3 Å². The van der Waals surface area contributed by atoms with Gasteiger partial charge in [0.05, 0.1) is 19.9 Å². The van der Waals surface area contributed by atoms with Crippen molar-refractivity contribution in [2.24, 2.45) is 0 Å². The number of hydrogen-bond donors (Lipinski definition) is 2. The number of nitrogens with one attached hydrogen (secondary N) is 2. The third-order valence-corrected chi connectivity index (χ3v) is 5.83. The molecule has 1 aromatic carbocycles. The van der Waals surface area contributed by atoms with Gasteiger partial charge in [-0.15, -0.1) is 0 Å². The molecule has 6 nitrogen and oxygen atoms in total. The standard InChI is InChI=1S/C20H24N2O4S/c1-25-15-5-6-17(26-2)16(11-15)22-19(24)18(23)21-13-20(8-3-4-9-20)14-7-10-27-12-14/h5-7,10-12H,3-4,8-9,13H2,1-2H3,(H,21,23)(H,22,24). The number of carbonyl (C=O) groups excluding carboxylic acids is 2. The highest BCUT2D eigenvalue weighted by Gasteiger charge is 2.36. The molecule has 1 aliphatic rings. The Hall–Kier alpha value is -2.54. The van der Waals surface area contributed by atoms with Crippen LogP contribution in [0.1, 0.15) is 31.2 Å². The highest BCUT2D eigenvalue weighted by molar-refractivity contribution is 7.08. The zero-order chi connectivity index (χ0) is 19.3. The summed E-state index contributed by atoms with van der Waals surface area (Å²) in [6.45, 7) is 0.464. The average Bonchev–Trinajstić information content (AvgIpc) is 3.38. The van der Waals surface area contributed by atoms with Crippen molar-refractivity contribution in [3.63, 3.8) is 0 Å². The van der Waals surface area contributed by atoms with Gasteiger partial charge in [0, 0.05) is 18.0 Å². The maximum Gasteiger partial charge on any atom is 0.313 e. The minimum Gasteiger partial charge on any atom is -0.497 e. The normalized spacial score (nSPS) is 15.2. The largest absolute Gasteiger partial charge is 0.497 e. The Morgan fingerprint density at radius 1 is 1.11 bits per heavy atom. The first-order valence-corrected chi connectivity index (χ1v) is 9.86. The van der Waals surface area contributed by atoms with Crippen molar-refractivity contribution in [1.29, 1.82) is 0 Å². The predicted octanol–water partition coefficient (Wildman–Crippen LogP) is 3.33. The summed E-state index contributed by atoms with van der Waals surface area (Å²) >= 11 is 1.66. The van der Waals surface area contributed by atoms with E-state index in [1.54, 1.807) is 29.5 Å². The molecule has 144 valence electrons. The molecule has 27 heavy (non-hydrogen) atoms. The summed E-state index contributed by atoms with van der Waals surface area (Å²) in [6.07, 6.45) is 4.32. The lowest BCUT2D eigenvalue weighted by molar-refractivity contribution is -0.136. The third-order valence-electron chi connectivity index (χ3n) is 5.14. The van der Waals surface area contributed by atoms with E-state index < -0.39 is 11.8 Å². The third kappa shape index (κ3) is 4.24. The van der Waals surface area contributed by atoms with Gasteiger partial charge in [0.25, 0.3) is 0 Å². The maximum atomic E-state index is 12.4. The molecule has 0 radical (unpaired) electrons.